The van der Waals surface area contributed by atoms with Gasteiger partial charge in [-0.3, -0.25) is 0 Å². The standard InChI is InChI=1S/C32H32N2O5S/c1-22(33-40(37,38)24-13-6-5-7-14-24)30(35)39-29-19-18-23-12-8-9-15-25(23)26(29)20-21-32(36)31(2,3)27-16-10-11-17-28(27)34(32)4/h5-22,33,36H,1-4H3. The molecule has 40 heavy (non-hydrogen) atoms. The third kappa shape index (κ3) is 4.68. The van der Waals surface area contributed by atoms with Crippen LogP contribution in [0.25, 0.3) is 16.8 Å². The third-order valence-corrected chi connectivity index (χ3v) is 9.29. The minimum Gasteiger partial charge on any atom is -0.425 e. The number of ether oxygens (including phenoxy) is 1. The zero-order valence-electron chi connectivity index (χ0n) is 22.8. The van der Waals surface area contributed by atoms with E-state index in [4.69, 9.17) is 4.74 Å². The molecule has 0 aliphatic carbocycles. The van der Waals surface area contributed by atoms with Gasteiger partial charge in [0.2, 0.25) is 10.0 Å². The molecule has 0 amide bonds. The van der Waals surface area contributed by atoms with Gasteiger partial charge < -0.3 is 14.7 Å². The summed E-state index contributed by atoms with van der Waals surface area (Å²) in [6.07, 6.45) is 3.50. The Hall–Kier alpha value is -3.98. The summed E-state index contributed by atoms with van der Waals surface area (Å²) < 4.78 is 33.7. The van der Waals surface area contributed by atoms with Crippen molar-refractivity contribution in [2.45, 2.75) is 42.8 Å². The molecule has 8 heteroatoms. The van der Waals surface area contributed by atoms with Gasteiger partial charge in [-0.15, -0.1) is 0 Å². The van der Waals surface area contributed by atoms with Gasteiger partial charge in [-0.2, -0.15) is 4.72 Å². The summed E-state index contributed by atoms with van der Waals surface area (Å²) in [5.74, 6) is -0.501. The third-order valence-electron chi connectivity index (χ3n) is 7.73. The Kier molecular flexibility index (Phi) is 7.04. The Morgan fingerprint density at radius 1 is 0.950 bits per heavy atom. The fourth-order valence-corrected chi connectivity index (χ4v) is 6.51. The molecule has 1 aliphatic heterocycles. The van der Waals surface area contributed by atoms with Gasteiger partial charge in [0.25, 0.3) is 0 Å². The van der Waals surface area contributed by atoms with Gasteiger partial charge in [-0.25, -0.2) is 13.2 Å². The summed E-state index contributed by atoms with van der Waals surface area (Å²) in [5.41, 5.74) is 0.546. The SMILES string of the molecule is CC(NS(=O)(=O)c1ccccc1)C(=O)Oc1ccc2ccccc2c1C=CC1(O)N(C)c2ccccc2C1(C)C. The second-order valence-corrected chi connectivity index (χ2v) is 12.3. The van der Waals surface area contributed by atoms with Crippen LogP contribution in [0.4, 0.5) is 5.69 Å². The van der Waals surface area contributed by atoms with Crippen molar-refractivity contribution in [1.29, 1.82) is 0 Å². The first-order valence-corrected chi connectivity index (χ1v) is 14.5. The molecule has 5 rings (SSSR count). The number of aliphatic hydroxyl groups is 1. The monoisotopic (exact) mass is 556 g/mol. The molecule has 0 radical (unpaired) electrons. The number of rotatable bonds is 7. The van der Waals surface area contributed by atoms with E-state index in [2.05, 4.69) is 4.72 Å². The summed E-state index contributed by atoms with van der Waals surface area (Å²) in [6, 6.07) is 25.8. The van der Waals surface area contributed by atoms with E-state index < -0.39 is 33.2 Å². The molecule has 2 atom stereocenters. The smallest absolute Gasteiger partial charge is 0.329 e. The lowest BCUT2D eigenvalue weighted by Crippen LogP contribution is -2.52. The Morgan fingerprint density at radius 3 is 2.33 bits per heavy atom. The lowest BCUT2D eigenvalue weighted by Gasteiger charge is -2.39. The van der Waals surface area contributed by atoms with E-state index in [9.17, 15) is 18.3 Å². The highest BCUT2D eigenvalue weighted by molar-refractivity contribution is 7.89. The molecule has 0 bridgehead atoms. The van der Waals surface area contributed by atoms with Gasteiger partial charge in [0, 0.05) is 23.7 Å². The Morgan fingerprint density at radius 2 is 1.60 bits per heavy atom. The number of hydrogen-bond acceptors (Lipinski definition) is 6. The minimum atomic E-state index is -3.92. The normalized spacial score (nSPS) is 19.1. The van der Waals surface area contributed by atoms with Crippen molar-refractivity contribution in [3.63, 3.8) is 0 Å². The van der Waals surface area contributed by atoms with E-state index in [-0.39, 0.29) is 10.6 Å². The zero-order valence-corrected chi connectivity index (χ0v) is 23.6. The van der Waals surface area contributed by atoms with Crippen molar-refractivity contribution in [3.8, 4) is 5.75 Å². The summed E-state index contributed by atoms with van der Waals surface area (Å²) in [5, 5.41) is 13.7. The Balaban J connectivity index is 1.48. The second-order valence-electron chi connectivity index (χ2n) is 10.5. The van der Waals surface area contributed by atoms with Gasteiger partial charge in [0.05, 0.1) is 4.90 Å². The number of nitrogens with one attached hydrogen (secondary N) is 1. The molecule has 2 unspecified atom stereocenters. The van der Waals surface area contributed by atoms with Crippen LogP contribution in [0.15, 0.2) is 102 Å². The molecule has 0 fully saturated rings. The highest BCUT2D eigenvalue weighted by atomic mass is 32.2. The summed E-state index contributed by atoms with van der Waals surface area (Å²) in [7, 11) is -2.07. The van der Waals surface area contributed by atoms with Crippen LogP contribution in [0.2, 0.25) is 0 Å². The fraction of sp³-hybridized carbons (Fsp3) is 0.219. The molecular weight excluding hydrogens is 524 g/mol. The number of anilines is 1. The van der Waals surface area contributed by atoms with Gasteiger partial charge in [-0.05, 0) is 59.7 Å². The topological polar surface area (TPSA) is 95.9 Å². The number of esters is 1. The van der Waals surface area contributed by atoms with E-state index in [1.165, 1.54) is 19.1 Å². The first kappa shape index (κ1) is 27.6. The Labute approximate surface area is 234 Å². The molecular formula is C32H32N2O5S. The number of sulfonamides is 1. The van der Waals surface area contributed by atoms with E-state index >= 15 is 0 Å². The molecule has 1 heterocycles. The summed E-state index contributed by atoms with van der Waals surface area (Å²) in [6.45, 7) is 5.42. The molecule has 7 nitrogen and oxygen atoms in total. The molecule has 206 valence electrons. The zero-order chi connectivity index (χ0) is 28.7. The quantitative estimate of drug-likeness (QED) is 0.239. The predicted molar refractivity (Wildman–Crippen MR) is 158 cm³/mol. The van der Waals surface area contributed by atoms with Crippen molar-refractivity contribution in [2.75, 3.05) is 11.9 Å². The molecule has 4 aromatic carbocycles. The lowest BCUT2D eigenvalue weighted by atomic mass is 9.77. The maximum absolute atomic E-state index is 13.1. The van der Waals surface area contributed by atoms with E-state index in [0.29, 0.717) is 5.56 Å². The van der Waals surface area contributed by atoms with Gasteiger partial charge in [-0.1, -0.05) is 80.6 Å². The lowest BCUT2D eigenvalue weighted by molar-refractivity contribution is -0.135. The van der Waals surface area contributed by atoms with Crippen LogP contribution in [-0.4, -0.2) is 38.3 Å². The highest BCUT2D eigenvalue weighted by Crippen LogP contribution is 2.50. The summed E-state index contributed by atoms with van der Waals surface area (Å²) in [4.78, 5) is 15.0. The number of carbonyl (C=O) groups is 1. The fourth-order valence-electron chi connectivity index (χ4n) is 5.30. The minimum absolute atomic E-state index is 0.0570. The average molecular weight is 557 g/mol. The molecule has 1 aliphatic rings. The number of hydrogen-bond donors (Lipinski definition) is 2. The van der Waals surface area contributed by atoms with E-state index in [1.54, 1.807) is 36.4 Å². The Bertz CT molecular complexity index is 1720. The molecule has 2 N–H and O–H groups in total. The van der Waals surface area contributed by atoms with Crippen molar-refractivity contribution in [3.05, 3.63) is 108 Å². The largest absolute Gasteiger partial charge is 0.425 e. The van der Waals surface area contributed by atoms with Crippen LogP contribution in [0.1, 0.15) is 31.9 Å². The van der Waals surface area contributed by atoms with E-state index in [1.807, 2.05) is 80.4 Å². The number of likely N-dealkylation sites (N-methyl/N-ethyl adjacent to an activating group) is 1. The van der Waals surface area contributed by atoms with Gasteiger partial charge in [0.1, 0.15) is 11.8 Å². The maximum Gasteiger partial charge on any atom is 0.329 e. The maximum atomic E-state index is 13.1. The van der Waals surface area contributed by atoms with Crippen LogP contribution in [0.5, 0.6) is 5.75 Å². The number of carbonyl (C=O) groups excluding carboxylic acids is 1. The first-order valence-electron chi connectivity index (χ1n) is 13.0. The van der Waals surface area contributed by atoms with Crippen molar-refractivity contribution >= 4 is 38.5 Å². The van der Waals surface area contributed by atoms with Crippen LogP contribution in [-0.2, 0) is 20.2 Å². The second kappa shape index (κ2) is 10.2. The van der Waals surface area contributed by atoms with Crippen molar-refractivity contribution < 1.29 is 23.1 Å². The van der Waals surface area contributed by atoms with Gasteiger partial charge in [0.15, 0.2) is 5.72 Å². The van der Waals surface area contributed by atoms with Crippen LogP contribution in [0.3, 0.4) is 0 Å². The van der Waals surface area contributed by atoms with Crippen LogP contribution >= 0.6 is 0 Å². The number of fused-ring (bicyclic) bond motifs is 2. The highest BCUT2D eigenvalue weighted by Gasteiger charge is 2.53. The molecule has 0 saturated heterocycles. The predicted octanol–water partition coefficient (Wildman–Crippen LogP) is 5.24. The number of benzene rings is 4. The average Bonchev–Trinajstić information content (AvgIpc) is 3.10. The van der Waals surface area contributed by atoms with Crippen LogP contribution in [0, 0.1) is 0 Å². The molecule has 4 aromatic rings. The number of para-hydroxylation sites is 1. The van der Waals surface area contributed by atoms with Crippen LogP contribution < -0.4 is 14.4 Å². The molecule has 0 aromatic heterocycles. The molecule has 0 saturated carbocycles. The summed E-state index contributed by atoms with van der Waals surface area (Å²) >= 11 is 0. The van der Waals surface area contributed by atoms with Crippen molar-refractivity contribution in [2.24, 2.45) is 0 Å². The first-order chi connectivity index (χ1) is 19.0. The molecule has 0 spiro atoms. The van der Waals surface area contributed by atoms with Crippen molar-refractivity contribution in [1.82, 2.24) is 4.72 Å². The number of nitrogens with zero attached hydrogens (tertiary/aromatic N) is 1. The van der Waals surface area contributed by atoms with E-state index in [0.717, 1.165) is 22.0 Å². The van der Waals surface area contributed by atoms with Gasteiger partial charge >= 0.3 is 5.97 Å².